The number of carbonyl (C=O) groups is 2. The molecule has 3 nitrogen and oxygen atoms in total. The summed E-state index contributed by atoms with van der Waals surface area (Å²) in [5.41, 5.74) is -0.280. The number of fused-ring (bicyclic) bond motifs is 1. The molecule has 0 atom stereocenters. The molecule has 0 aliphatic carbocycles. The first-order valence-corrected chi connectivity index (χ1v) is 6.59. The van der Waals surface area contributed by atoms with Crippen LogP contribution in [0.25, 0.3) is 0 Å². The zero-order chi connectivity index (χ0) is 13.3. The van der Waals surface area contributed by atoms with Gasteiger partial charge in [-0.25, -0.2) is 8.78 Å². The number of amides is 1. The van der Waals surface area contributed by atoms with Crippen molar-refractivity contribution in [3.63, 3.8) is 0 Å². The number of benzene rings is 1. The van der Waals surface area contributed by atoms with Crippen LogP contribution in [0, 0.1) is 11.6 Å². The summed E-state index contributed by atoms with van der Waals surface area (Å²) in [7, 11) is 0. The first kappa shape index (κ1) is 13.1. The maximum Gasteiger partial charge on any atom is 0.299 e. The van der Waals surface area contributed by atoms with Gasteiger partial charge in [-0.1, -0.05) is 15.9 Å². The molecule has 18 heavy (non-hydrogen) atoms. The van der Waals surface area contributed by atoms with E-state index in [1.54, 1.807) is 0 Å². The first-order valence-electron chi connectivity index (χ1n) is 5.47. The minimum atomic E-state index is -0.872. The quantitative estimate of drug-likeness (QED) is 0.486. The molecule has 0 bridgehead atoms. The van der Waals surface area contributed by atoms with Gasteiger partial charge in [0.15, 0.2) is 5.82 Å². The van der Waals surface area contributed by atoms with Crippen molar-refractivity contribution in [2.75, 3.05) is 16.8 Å². The minimum Gasteiger partial charge on any atom is -0.302 e. The van der Waals surface area contributed by atoms with Crippen molar-refractivity contribution >= 4 is 33.3 Å². The Morgan fingerprint density at radius 2 is 1.89 bits per heavy atom. The number of anilines is 1. The molecule has 0 spiro atoms. The van der Waals surface area contributed by atoms with Gasteiger partial charge in [-0.05, 0) is 18.9 Å². The fraction of sp³-hybridized carbons (Fsp3) is 0.333. The number of hydrogen-bond donors (Lipinski definition) is 0. The molecule has 1 amide bonds. The molecule has 0 radical (unpaired) electrons. The van der Waals surface area contributed by atoms with Crippen LogP contribution in [0.5, 0.6) is 0 Å². The highest BCUT2D eigenvalue weighted by Crippen LogP contribution is 2.32. The Hall–Kier alpha value is -1.30. The van der Waals surface area contributed by atoms with Crippen molar-refractivity contribution in [2.45, 2.75) is 12.8 Å². The molecule has 2 rings (SSSR count). The fourth-order valence-corrected chi connectivity index (χ4v) is 2.33. The van der Waals surface area contributed by atoms with E-state index in [1.807, 2.05) is 0 Å². The topological polar surface area (TPSA) is 37.4 Å². The summed E-state index contributed by atoms with van der Waals surface area (Å²) in [6.45, 7) is 0.256. The van der Waals surface area contributed by atoms with E-state index >= 15 is 0 Å². The molecule has 0 saturated heterocycles. The van der Waals surface area contributed by atoms with E-state index in [4.69, 9.17) is 0 Å². The number of alkyl halides is 1. The third-order valence-electron chi connectivity index (χ3n) is 2.75. The normalized spacial score (nSPS) is 14.3. The number of carbonyl (C=O) groups excluding carboxylic acids is 2. The Kier molecular flexibility index (Phi) is 3.75. The van der Waals surface area contributed by atoms with Gasteiger partial charge in [-0.2, -0.15) is 0 Å². The average molecular weight is 318 g/mol. The van der Waals surface area contributed by atoms with Gasteiger partial charge >= 0.3 is 0 Å². The lowest BCUT2D eigenvalue weighted by Crippen LogP contribution is -2.31. The van der Waals surface area contributed by atoms with Crippen molar-refractivity contribution in [3.8, 4) is 0 Å². The molecule has 1 aliphatic heterocycles. The monoisotopic (exact) mass is 317 g/mol. The van der Waals surface area contributed by atoms with Gasteiger partial charge in [0, 0.05) is 17.9 Å². The van der Waals surface area contributed by atoms with Crippen LogP contribution in [-0.4, -0.2) is 23.6 Å². The Bertz CT molecular complexity index is 519. The number of nitrogens with zero attached hydrogens (tertiary/aromatic N) is 1. The van der Waals surface area contributed by atoms with Gasteiger partial charge in [-0.3, -0.25) is 9.59 Å². The Morgan fingerprint density at radius 1 is 1.17 bits per heavy atom. The predicted molar refractivity (Wildman–Crippen MR) is 66.1 cm³/mol. The van der Waals surface area contributed by atoms with Crippen molar-refractivity contribution in [1.82, 2.24) is 0 Å². The van der Waals surface area contributed by atoms with Crippen molar-refractivity contribution in [1.29, 1.82) is 0 Å². The molecule has 1 aromatic rings. The van der Waals surface area contributed by atoms with Crippen LogP contribution in [0.2, 0.25) is 0 Å². The van der Waals surface area contributed by atoms with Gasteiger partial charge in [0.05, 0.1) is 11.3 Å². The summed E-state index contributed by atoms with van der Waals surface area (Å²) in [6, 6.07) is 1.59. The van der Waals surface area contributed by atoms with E-state index in [0.29, 0.717) is 12.5 Å². The largest absolute Gasteiger partial charge is 0.302 e. The number of ketones is 1. The lowest BCUT2D eigenvalue weighted by Gasteiger charge is -2.16. The summed E-state index contributed by atoms with van der Waals surface area (Å²) >= 11 is 3.25. The van der Waals surface area contributed by atoms with E-state index in [1.165, 1.54) is 0 Å². The second-order valence-corrected chi connectivity index (χ2v) is 4.76. The maximum absolute atomic E-state index is 13.7. The standard InChI is InChI=1S/C12H10BrF2NO2/c13-3-1-2-4-16-10-8(11(17)12(16)18)5-7(14)6-9(10)15/h5-6H,1-4H2. The van der Waals surface area contributed by atoms with E-state index in [0.717, 1.165) is 22.7 Å². The number of halogens is 3. The van der Waals surface area contributed by atoms with Crippen molar-refractivity contribution in [3.05, 3.63) is 29.3 Å². The first-order chi connectivity index (χ1) is 8.56. The Labute approximate surface area is 111 Å². The second kappa shape index (κ2) is 5.14. The summed E-state index contributed by atoms with van der Waals surface area (Å²) < 4.78 is 26.7. The fourth-order valence-electron chi connectivity index (χ4n) is 1.93. The zero-order valence-electron chi connectivity index (χ0n) is 9.38. The number of Topliss-reactive ketones (excluding diaryl/α,β-unsaturated/α-hetero) is 1. The summed E-state index contributed by atoms with van der Waals surface area (Å²) in [5, 5.41) is 0.766. The highest BCUT2D eigenvalue weighted by Gasteiger charge is 2.38. The molecular weight excluding hydrogens is 308 g/mol. The van der Waals surface area contributed by atoms with Gasteiger partial charge < -0.3 is 4.90 Å². The molecule has 1 aromatic carbocycles. The molecule has 1 aliphatic rings. The molecule has 0 saturated carbocycles. The maximum atomic E-state index is 13.7. The Morgan fingerprint density at radius 3 is 2.56 bits per heavy atom. The highest BCUT2D eigenvalue weighted by atomic mass is 79.9. The van der Waals surface area contributed by atoms with Gasteiger partial charge in [0.25, 0.3) is 11.7 Å². The smallest absolute Gasteiger partial charge is 0.299 e. The van der Waals surface area contributed by atoms with Crippen LogP contribution in [0.15, 0.2) is 12.1 Å². The molecule has 6 heteroatoms. The molecule has 96 valence electrons. The molecule has 0 N–H and O–H groups in total. The molecule has 0 aromatic heterocycles. The lowest BCUT2D eigenvalue weighted by atomic mass is 10.1. The van der Waals surface area contributed by atoms with E-state index < -0.39 is 23.3 Å². The zero-order valence-corrected chi connectivity index (χ0v) is 11.0. The van der Waals surface area contributed by atoms with Gasteiger partial charge in [0.1, 0.15) is 5.82 Å². The average Bonchev–Trinajstić information content (AvgIpc) is 2.55. The van der Waals surface area contributed by atoms with Crippen molar-refractivity contribution in [2.24, 2.45) is 0 Å². The van der Waals surface area contributed by atoms with Crippen LogP contribution in [0.3, 0.4) is 0 Å². The Balaban J connectivity index is 2.36. The molecule has 1 heterocycles. The van der Waals surface area contributed by atoms with E-state index in [-0.39, 0.29) is 17.8 Å². The SMILES string of the molecule is O=C1C(=O)N(CCCCBr)c2c(F)cc(F)cc21. The number of unbranched alkanes of at least 4 members (excludes halogenated alkanes) is 1. The molecule has 0 unspecified atom stereocenters. The van der Waals surface area contributed by atoms with Crippen LogP contribution in [-0.2, 0) is 4.79 Å². The number of hydrogen-bond acceptors (Lipinski definition) is 2. The lowest BCUT2D eigenvalue weighted by molar-refractivity contribution is -0.114. The van der Waals surface area contributed by atoms with E-state index in [9.17, 15) is 18.4 Å². The van der Waals surface area contributed by atoms with Gasteiger partial charge in [0.2, 0.25) is 0 Å². The summed E-state index contributed by atoms with van der Waals surface area (Å²) in [4.78, 5) is 24.4. The molecule has 0 fully saturated rings. The second-order valence-electron chi connectivity index (χ2n) is 3.97. The third kappa shape index (κ3) is 2.16. The van der Waals surface area contributed by atoms with E-state index in [2.05, 4.69) is 15.9 Å². The summed E-state index contributed by atoms with van der Waals surface area (Å²) in [5.74, 6) is -3.36. The minimum absolute atomic E-state index is 0.0963. The van der Waals surface area contributed by atoms with Crippen LogP contribution < -0.4 is 4.90 Å². The van der Waals surface area contributed by atoms with Gasteiger partial charge in [-0.15, -0.1) is 0 Å². The predicted octanol–water partition coefficient (Wildman–Crippen LogP) is 2.67. The van der Waals surface area contributed by atoms with Crippen LogP contribution >= 0.6 is 15.9 Å². The number of rotatable bonds is 4. The summed E-state index contributed by atoms with van der Waals surface area (Å²) in [6.07, 6.45) is 1.44. The van der Waals surface area contributed by atoms with Crippen LogP contribution in [0.1, 0.15) is 23.2 Å². The third-order valence-corrected chi connectivity index (χ3v) is 3.31. The highest BCUT2D eigenvalue weighted by molar-refractivity contribution is 9.09. The van der Waals surface area contributed by atoms with Crippen molar-refractivity contribution < 1.29 is 18.4 Å². The molecular formula is C12H10BrF2NO2. The van der Waals surface area contributed by atoms with Crippen LogP contribution in [0.4, 0.5) is 14.5 Å².